The van der Waals surface area contributed by atoms with Crippen molar-refractivity contribution in [2.75, 3.05) is 0 Å². The Hall–Kier alpha value is -2.26. The zero-order valence-corrected chi connectivity index (χ0v) is 10.3. The Balaban J connectivity index is 2.11. The fraction of sp³-hybridized carbons (Fsp3) is 0.214. The number of nitriles is 1. The van der Waals surface area contributed by atoms with Gasteiger partial charge in [0.2, 0.25) is 0 Å². The molecule has 1 unspecified atom stereocenters. The van der Waals surface area contributed by atoms with E-state index in [4.69, 9.17) is 10.4 Å². The normalized spacial score (nSPS) is 12.9. The number of alkyl halides is 3. The summed E-state index contributed by atoms with van der Waals surface area (Å²) in [5.74, 6) is 0. The molecule has 2 aromatic rings. The summed E-state index contributed by atoms with van der Waals surface area (Å²) in [7, 11) is 0. The molecule has 0 aliphatic carbocycles. The molecule has 1 aromatic carbocycles. The van der Waals surface area contributed by atoms with Crippen LogP contribution in [0.5, 0.6) is 0 Å². The predicted molar refractivity (Wildman–Crippen MR) is 65.7 cm³/mol. The summed E-state index contributed by atoms with van der Waals surface area (Å²) in [5, 5.41) is 17.8. The summed E-state index contributed by atoms with van der Waals surface area (Å²) in [6.45, 7) is 0.371. The van der Waals surface area contributed by atoms with Crippen molar-refractivity contribution in [1.82, 2.24) is 4.57 Å². The number of aliphatic hydroxyl groups excluding tert-OH is 1. The van der Waals surface area contributed by atoms with Crippen LogP contribution in [0.25, 0.3) is 0 Å². The lowest BCUT2D eigenvalue weighted by Gasteiger charge is -2.12. The number of aromatic nitrogens is 1. The van der Waals surface area contributed by atoms with E-state index in [1.165, 1.54) is 18.5 Å². The second-order valence-corrected chi connectivity index (χ2v) is 4.37. The largest absolute Gasteiger partial charge is 0.418 e. The van der Waals surface area contributed by atoms with Crippen molar-refractivity contribution in [1.29, 1.82) is 5.26 Å². The molecule has 1 N–H and O–H groups in total. The third kappa shape index (κ3) is 3.19. The van der Waals surface area contributed by atoms with Gasteiger partial charge in [0.25, 0.3) is 0 Å². The lowest BCUT2D eigenvalue weighted by Crippen LogP contribution is -2.19. The molecular formula is C14H11F3N2O. The van der Waals surface area contributed by atoms with Crippen molar-refractivity contribution in [3.8, 4) is 6.07 Å². The fourth-order valence-corrected chi connectivity index (χ4v) is 1.80. The molecule has 0 aliphatic heterocycles. The number of hydrogen-bond acceptors (Lipinski definition) is 2. The lowest BCUT2D eigenvalue weighted by atomic mass is 10.1. The van der Waals surface area contributed by atoms with Crippen LogP contribution in [-0.2, 0) is 6.54 Å². The summed E-state index contributed by atoms with van der Waals surface area (Å²) in [6, 6.07) is 9.98. The first-order chi connectivity index (χ1) is 9.40. The molecule has 20 heavy (non-hydrogen) atoms. The third-order valence-corrected chi connectivity index (χ3v) is 2.85. The van der Waals surface area contributed by atoms with Crippen molar-refractivity contribution in [3.63, 3.8) is 0 Å². The minimum absolute atomic E-state index is 0.189. The van der Waals surface area contributed by atoms with Crippen molar-refractivity contribution >= 4 is 0 Å². The second kappa shape index (κ2) is 5.39. The van der Waals surface area contributed by atoms with E-state index in [9.17, 15) is 13.2 Å². The minimum atomic E-state index is -4.67. The van der Waals surface area contributed by atoms with Gasteiger partial charge in [0, 0.05) is 24.5 Å². The van der Waals surface area contributed by atoms with E-state index >= 15 is 0 Å². The van der Waals surface area contributed by atoms with Gasteiger partial charge in [-0.3, -0.25) is 0 Å². The monoisotopic (exact) mass is 280 g/mol. The number of aliphatic hydroxyl groups is 1. The third-order valence-electron chi connectivity index (χ3n) is 2.85. The molecule has 0 saturated carbocycles. The van der Waals surface area contributed by atoms with Crippen LogP contribution in [0.1, 0.15) is 22.8 Å². The first-order valence-corrected chi connectivity index (χ1v) is 5.79. The molecule has 0 saturated heterocycles. The first-order valence-electron chi connectivity index (χ1n) is 5.79. The SMILES string of the molecule is N#Cc1ccc(Cn2ccc(C(O)C(F)(F)F)c2)cc1. The van der Waals surface area contributed by atoms with Crippen LogP contribution < -0.4 is 0 Å². The molecule has 6 heteroatoms. The van der Waals surface area contributed by atoms with E-state index in [2.05, 4.69) is 0 Å². The molecule has 1 heterocycles. The van der Waals surface area contributed by atoms with Crippen molar-refractivity contribution < 1.29 is 18.3 Å². The number of nitrogens with zero attached hydrogens (tertiary/aromatic N) is 2. The van der Waals surface area contributed by atoms with Crippen LogP contribution in [0.4, 0.5) is 13.2 Å². The first kappa shape index (κ1) is 14.2. The van der Waals surface area contributed by atoms with Gasteiger partial charge in [-0.1, -0.05) is 12.1 Å². The highest BCUT2D eigenvalue weighted by molar-refractivity contribution is 5.31. The smallest absolute Gasteiger partial charge is 0.379 e. The highest BCUT2D eigenvalue weighted by Crippen LogP contribution is 2.32. The predicted octanol–water partition coefficient (Wildman–Crippen LogP) is 3.00. The average molecular weight is 280 g/mol. The number of benzene rings is 1. The highest BCUT2D eigenvalue weighted by atomic mass is 19.4. The fourth-order valence-electron chi connectivity index (χ4n) is 1.80. The lowest BCUT2D eigenvalue weighted by molar-refractivity contribution is -0.206. The van der Waals surface area contributed by atoms with E-state index < -0.39 is 12.3 Å². The molecule has 0 spiro atoms. The summed E-state index contributed by atoms with van der Waals surface area (Å²) in [5.41, 5.74) is 1.19. The topological polar surface area (TPSA) is 49.0 Å². The standard InChI is InChI=1S/C14H11F3N2O/c15-14(16,17)13(20)12-5-6-19(9-12)8-11-3-1-10(7-18)2-4-11/h1-6,9,13,20H,8H2. The van der Waals surface area contributed by atoms with Crippen LogP contribution in [0.3, 0.4) is 0 Å². The number of halogens is 3. The molecule has 1 atom stereocenters. The van der Waals surface area contributed by atoms with Gasteiger partial charge < -0.3 is 9.67 Å². The highest BCUT2D eigenvalue weighted by Gasteiger charge is 2.39. The van der Waals surface area contributed by atoms with E-state index in [1.54, 1.807) is 28.8 Å². The molecule has 0 amide bonds. The van der Waals surface area contributed by atoms with Crippen molar-refractivity contribution in [2.45, 2.75) is 18.8 Å². The molecule has 1 aromatic heterocycles. The van der Waals surface area contributed by atoms with Crippen LogP contribution in [0.15, 0.2) is 42.7 Å². The zero-order chi connectivity index (χ0) is 14.8. The summed E-state index contributed by atoms with van der Waals surface area (Å²) < 4.78 is 38.6. The summed E-state index contributed by atoms with van der Waals surface area (Å²) in [6.07, 6.45) is -4.40. The molecule has 0 bridgehead atoms. The number of rotatable bonds is 3. The van der Waals surface area contributed by atoms with Crippen LogP contribution in [0.2, 0.25) is 0 Å². The molecule has 104 valence electrons. The van der Waals surface area contributed by atoms with E-state index in [0.717, 1.165) is 5.56 Å². The Morgan fingerprint density at radius 3 is 2.40 bits per heavy atom. The van der Waals surface area contributed by atoms with Gasteiger partial charge in [-0.25, -0.2) is 0 Å². The Bertz CT molecular complexity index is 623. The summed E-state index contributed by atoms with van der Waals surface area (Å²) >= 11 is 0. The average Bonchev–Trinajstić information content (AvgIpc) is 2.86. The van der Waals surface area contributed by atoms with Crippen LogP contribution in [-0.4, -0.2) is 15.8 Å². The molecular weight excluding hydrogens is 269 g/mol. The molecule has 0 radical (unpaired) electrons. The Kier molecular flexibility index (Phi) is 3.81. The summed E-state index contributed by atoms with van der Waals surface area (Å²) in [4.78, 5) is 0. The second-order valence-electron chi connectivity index (χ2n) is 4.37. The number of hydrogen-bond donors (Lipinski definition) is 1. The van der Waals surface area contributed by atoms with E-state index in [0.29, 0.717) is 12.1 Å². The maximum atomic E-state index is 12.4. The van der Waals surface area contributed by atoms with E-state index in [-0.39, 0.29) is 5.56 Å². The van der Waals surface area contributed by atoms with Crippen LogP contribution >= 0.6 is 0 Å². The van der Waals surface area contributed by atoms with Gasteiger partial charge in [0.05, 0.1) is 11.6 Å². The van der Waals surface area contributed by atoms with Gasteiger partial charge in [-0.2, -0.15) is 18.4 Å². The molecule has 0 fully saturated rings. The zero-order valence-electron chi connectivity index (χ0n) is 10.3. The van der Waals surface area contributed by atoms with Gasteiger partial charge in [-0.05, 0) is 23.8 Å². The quantitative estimate of drug-likeness (QED) is 0.939. The molecule has 2 rings (SSSR count). The van der Waals surface area contributed by atoms with Crippen molar-refractivity contribution in [2.24, 2.45) is 0 Å². The van der Waals surface area contributed by atoms with Crippen molar-refractivity contribution in [3.05, 3.63) is 59.4 Å². The molecule has 3 nitrogen and oxygen atoms in total. The molecule has 0 aliphatic rings. The van der Waals surface area contributed by atoms with E-state index in [1.807, 2.05) is 6.07 Å². The van der Waals surface area contributed by atoms with Gasteiger partial charge in [0.15, 0.2) is 6.10 Å². The van der Waals surface area contributed by atoms with Gasteiger partial charge in [-0.15, -0.1) is 0 Å². The Morgan fingerprint density at radius 1 is 1.20 bits per heavy atom. The maximum Gasteiger partial charge on any atom is 0.418 e. The Labute approximate surface area is 113 Å². The minimum Gasteiger partial charge on any atom is -0.379 e. The van der Waals surface area contributed by atoms with Crippen LogP contribution in [0, 0.1) is 11.3 Å². The van der Waals surface area contributed by atoms with Gasteiger partial charge in [0.1, 0.15) is 0 Å². The Morgan fingerprint density at radius 2 is 1.85 bits per heavy atom. The maximum absolute atomic E-state index is 12.4. The van der Waals surface area contributed by atoms with Gasteiger partial charge >= 0.3 is 6.18 Å².